The Morgan fingerprint density at radius 1 is 1.13 bits per heavy atom. The Bertz CT molecular complexity index is 859. The highest BCUT2D eigenvalue weighted by atomic mass is 32.2. The summed E-state index contributed by atoms with van der Waals surface area (Å²) in [5, 5.41) is 5.29. The second-order valence-corrected chi connectivity index (χ2v) is 15.9. The van der Waals surface area contributed by atoms with E-state index in [1.54, 1.807) is 11.8 Å². The van der Waals surface area contributed by atoms with E-state index in [0.717, 1.165) is 18.7 Å². The van der Waals surface area contributed by atoms with Gasteiger partial charge in [0.05, 0.1) is 17.4 Å². The fourth-order valence-electron chi connectivity index (χ4n) is 3.88. The van der Waals surface area contributed by atoms with Crippen molar-refractivity contribution in [3.8, 4) is 11.3 Å². The second-order valence-electron chi connectivity index (χ2n) is 10.2. The Labute approximate surface area is 194 Å². The van der Waals surface area contributed by atoms with E-state index < -0.39 is 8.32 Å². The van der Waals surface area contributed by atoms with Crippen LogP contribution in [0, 0.1) is 0 Å². The Morgan fingerprint density at radius 3 is 2.42 bits per heavy atom. The molecule has 0 bridgehead atoms. The zero-order chi connectivity index (χ0) is 22.5. The average molecular weight is 457 g/mol. The van der Waals surface area contributed by atoms with Crippen molar-refractivity contribution in [3.05, 3.63) is 42.1 Å². The number of hydrogen-bond acceptors (Lipinski definition) is 3. The smallest absolute Gasteiger partial charge is 0.191 e. The van der Waals surface area contributed by atoms with Gasteiger partial charge in [0, 0.05) is 11.5 Å². The van der Waals surface area contributed by atoms with Crippen LogP contribution in [0.2, 0.25) is 18.1 Å². The van der Waals surface area contributed by atoms with E-state index in [0.29, 0.717) is 6.04 Å². The maximum absolute atomic E-state index is 6.31. The van der Waals surface area contributed by atoms with E-state index in [1.165, 1.54) is 48.3 Å². The lowest BCUT2D eigenvalue weighted by Gasteiger charge is -2.36. The molecule has 0 saturated heterocycles. The molecule has 3 nitrogen and oxygen atoms in total. The lowest BCUT2D eigenvalue weighted by atomic mass is 9.95. The van der Waals surface area contributed by atoms with E-state index in [9.17, 15) is 0 Å². The first-order chi connectivity index (χ1) is 14.7. The summed E-state index contributed by atoms with van der Waals surface area (Å²) in [4.78, 5) is 1.30. The van der Waals surface area contributed by atoms with E-state index in [2.05, 4.69) is 87.3 Å². The van der Waals surface area contributed by atoms with Crippen LogP contribution in [0.5, 0.6) is 0 Å². The number of aromatic nitrogens is 2. The highest BCUT2D eigenvalue weighted by Crippen LogP contribution is 2.37. The fourth-order valence-corrected chi connectivity index (χ4v) is 5.35. The van der Waals surface area contributed by atoms with Crippen LogP contribution < -0.4 is 0 Å². The van der Waals surface area contributed by atoms with Gasteiger partial charge in [-0.3, -0.25) is 4.68 Å². The molecule has 1 aliphatic carbocycles. The molecule has 0 amide bonds. The summed E-state index contributed by atoms with van der Waals surface area (Å²) in [6.07, 6.45) is 13.9. The Balaban J connectivity index is 1.73. The van der Waals surface area contributed by atoms with Crippen LogP contribution in [-0.4, -0.2) is 31.0 Å². The van der Waals surface area contributed by atoms with Gasteiger partial charge in [-0.1, -0.05) is 58.2 Å². The fraction of sp³-hybridized carbons (Fsp3) is 0.577. The summed E-state index contributed by atoms with van der Waals surface area (Å²) in [5.41, 5.74) is 3.57. The minimum Gasteiger partial charge on any atom is -0.417 e. The van der Waals surface area contributed by atoms with E-state index in [-0.39, 0.29) is 5.04 Å². The van der Waals surface area contributed by atoms with Gasteiger partial charge in [-0.25, -0.2) is 0 Å². The standard InChI is InChI=1S/C26H40N2OSSi/c1-26(2,3)31(5,6)29-19-11-10-12-22-20-25(21-15-17-24(30-4)18-16-21)28(27-22)23-13-8-7-9-14-23/h10,12,15-18,20,23H,7-9,11,13-14,19H2,1-6H3/b12-10-. The highest BCUT2D eigenvalue weighted by Gasteiger charge is 2.36. The molecule has 0 unspecified atom stereocenters. The first-order valence-corrected chi connectivity index (χ1v) is 15.9. The topological polar surface area (TPSA) is 27.1 Å². The largest absolute Gasteiger partial charge is 0.417 e. The highest BCUT2D eigenvalue weighted by molar-refractivity contribution is 7.98. The van der Waals surface area contributed by atoms with Crippen LogP contribution in [0.15, 0.2) is 41.3 Å². The average Bonchev–Trinajstić information content (AvgIpc) is 3.17. The number of thioether (sulfide) groups is 1. The predicted molar refractivity (Wildman–Crippen MR) is 138 cm³/mol. The third kappa shape index (κ3) is 6.36. The molecule has 170 valence electrons. The SMILES string of the molecule is CSc1ccc(-c2cc(/C=C\CCO[Si](C)(C)C(C)(C)C)nn2C2CCCCC2)cc1. The number of hydrogen-bond donors (Lipinski definition) is 0. The molecule has 1 fully saturated rings. The van der Waals surface area contributed by atoms with E-state index >= 15 is 0 Å². The third-order valence-electron chi connectivity index (χ3n) is 6.90. The molecule has 31 heavy (non-hydrogen) atoms. The maximum Gasteiger partial charge on any atom is 0.191 e. The molecule has 0 spiro atoms. The van der Waals surface area contributed by atoms with Gasteiger partial charge in [-0.2, -0.15) is 5.10 Å². The molecule has 0 atom stereocenters. The third-order valence-corrected chi connectivity index (χ3v) is 12.2. The van der Waals surface area contributed by atoms with Crippen LogP contribution >= 0.6 is 11.8 Å². The molecule has 0 N–H and O–H groups in total. The zero-order valence-corrected chi connectivity index (χ0v) is 22.1. The van der Waals surface area contributed by atoms with Gasteiger partial charge < -0.3 is 4.43 Å². The Kier molecular flexibility index (Phi) is 8.28. The first-order valence-electron chi connectivity index (χ1n) is 11.8. The van der Waals surface area contributed by atoms with Crippen molar-refractivity contribution in [3.63, 3.8) is 0 Å². The van der Waals surface area contributed by atoms with Crippen LogP contribution in [0.4, 0.5) is 0 Å². The molecule has 1 saturated carbocycles. The van der Waals surface area contributed by atoms with Gasteiger partial charge in [0.2, 0.25) is 0 Å². The van der Waals surface area contributed by atoms with Crippen molar-refractivity contribution in [2.24, 2.45) is 0 Å². The molecule has 1 aliphatic rings. The predicted octanol–water partition coefficient (Wildman–Crippen LogP) is 8.20. The van der Waals surface area contributed by atoms with Gasteiger partial charge in [-0.15, -0.1) is 11.8 Å². The summed E-state index contributed by atoms with van der Waals surface area (Å²) in [6.45, 7) is 12.3. The zero-order valence-electron chi connectivity index (χ0n) is 20.3. The van der Waals surface area contributed by atoms with Crippen LogP contribution in [0.3, 0.4) is 0 Å². The molecule has 2 aromatic rings. The van der Waals surface area contributed by atoms with Gasteiger partial charge in [0.15, 0.2) is 8.32 Å². The molecular weight excluding hydrogens is 416 g/mol. The van der Waals surface area contributed by atoms with Gasteiger partial charge in [0.25, 0.3) is 0 Å². The maximum atomic E-state index is 6.31. The molecule has 1 aromatic carbocycles. The summed E-state index contributed by atoms with van der Waals surface area (Å²) in [7, 11) is -1.67. The van der Waals surface area contributed by atoms with Crippen molar-refractivity contribution < 1.29 is 4.43 Å². The van der Waals surface area contributed by atoms with Gasteiger partial charge in [-0.05, 0) is 73.5 Å². The normalized spacial score (nSPS) is 16.3. The Hall–Kier alpha value is -1.30. The minimum absolute atomic E-state index is 0.260. The molecular formula is C26H40N2OSSi. The minimum atomic E-state index is -1.67. The number of nitrogens with zero attached hydrogens (tertiary/aromatic N) is 2. The summed E-state index contributed by atoms with van der Waals surface area (Å²) < 4.78 is 8.61. The molecule has 1 aromatic heterocycles. The van der Waals surface area contributed by atoms with E-state index in [4.69, 9.17) is 9.52 Å². The summed E-state index contributed by atoms with van der Waals surface area (Å²) in [6, 6.07) is 11.7. The van der Waals surface area contributed by atoms with Crippen molar-refractivity contribution in [2.75, 3.05) is 12.9 Å². The monoisotopic (exact) mass is 456 g/mol. The molecule has 0 radical (unpaired) electrons. The number of rotatable bonds is 8. The Morgan fingerprint density at radius 2 is 1.81 bits per heavy atom. The van der Waals surface area contributed by atoms with Crippen molar-refractivity contribution in [2.45, 2.75) is 88.4 Å². The number of benzene rings is 1. The summed E-state index contributed by atoms with van der Waals surface area (Å²) in [5.74, 6) is 0. The quantitative estimate of drug-likeness (QED) is 0.227. The molecule has 5 heteroatoms. The molecule has 3 rings (SSSR count). The van der Waals surface area contributed by atoms with Crippen LogP contribution in [0.25, 0.3) is 17.3 Å². The molecule has 1 heterocycles. The second kappa shape index (κ2) is 10.5. The van der Waals surface area contributed by atoms with Crippen molar-refractivity contribution >= 4 is 26.2 Å². The lowest BCUT2D eigenvalue weighted by Crippen LogP contribution is -2.40. The van der Waals surface area contributed by atoms with E-state index in [1.807, 2.05) is 0 Å². The molecule has 0 aliphatic heterocycles. The van der Waals surface area contributed by atoms with Crippen LogP contribution in [0.1, 0.15) is 71.0 Å². The lowest BCUT2D eigenvalue weighted by molar-refractivity contribution is 0.294. The first kappa shape index (κ1) is 24.3. The van der Waals surface area contributed by atoms with Gasteiger partial charge in [0.1, 0.15) is 0 Å². The van der Waals surface area contributed by atoms with Crippen molar-refractivity contribution in [1.82, 2.24) is 9.78 Å². The van der Waals surface area contributed by atoms with Gasteiger partial charge >= 0.3 is 0 Å². The summed E-state index contributed by atoms with van der Waals surface area (Å²) >= 11 is 1.79. The van der Waals surface area contributed by atoms with Crippen molar-refractivity contribution in [1.29, 1.82) is 0 Å². The van der Waals surface area contributed by atoms with Crippen LogP contribution in [-0.2, 0) is 4.43 Å².